The molecule has 37 heavy (non-hydrogen) atoms. The van der Waals surface area contributed by atoms with Crippen molar-refractivity contribution in [3.8, 4) is 5.75 Å². The highest BCUT2D eigenvalue weighted by Gasteiger charge is 2.27. The molecule has 0 aliphatic carbocycles. The van der Waals surface area contributed by atoms with Gasteiger partial charge in [-0.25, -0.2) is 15.0 Å². The zero-order chi connectivity index (χ0) is 25.0. The van der Waals surface area contributed by atoms with Crippen molar-refractivity contribution in [2.45, 2.75) is 18.9 Å². The molecule has 1 fully saturated rings. The molecule has 1 saturated heterocycles. The van der Waals surface area contributed by atoms with E-state index in [4.69, 9.17) is 23.5 Å². The van der Waals surface area contributed by atoms with Crippen LogP contribution in [0, 0.1) is 0 Å². The first-order chi connectivity index (χ1) is 18.3. The van der Waals surface area contributed by atoms with Gasteiger partial charge in [0, 0.05) is 10.9 Å². The molecule has 6 rings (SSSR count). The van der Waals surface area contributed by atoms with Crippen LogP contribution < -0.4 is 20.6 Å². The fourth-order valence-electron chi connectivity index (χ4n) is 4.27. The van der Waals surface area contributed by atoms with Crippen LogP contribution in [0.5, 0.6) is 5.75 Å². The molecule has 0 spiro atoms. The van der Waals surface area contributed by atoms with Crippen molar-refractivity contribution in [3.63, 3.8) is 0 Å². The van der Waals surface area contributed by atoms with Gasteiger partial charge in [-0.05, 0) is 48.0 Å². The Balaban J connectivity index is 1.23. The molecule has 2 aliphatic rings. The lowest BCUT2D eigenvalue weighted by Crippen LogP contribution is -2.40. The average molecular weight is 499 g/mol. The maximum atomic E-state index is 6.08. The van der Waals surface area contributed by atoms with Gasteiger partial charge in [0.15, 0.2) is 5.76 Å². The second-order valence-electron chi connectivity index (χ2n) is 8.54. The Morgan fingerprint density at radius 1 is 0.946 bits per heavy atom. The molecule has 1 unspecified atom stereocenters. The molecule has 9 heteroatoms. The van der Waals surface area contributed by atoms with Crippen molar-refractivity contribution < 1.29 is 23.5 Å². The third-order valence-corrected chi connectivity index (χ3v) is 6.13. The van der Waals surface area contributed by atoms with Crippen LogP contribution in [-0.4, -0.2) is 35.4 Å². The topological polar surface area (TPSA) is 91.1 Å². The maximum Gasteiger partial charge on any atom is 0.217 e. The lowest BCUT2D eigenvalue weighted by atomic mass is 10.1. The van der Waals surface area contributed by atoms with Crippen molar-refractivity contribution in [3.05, 3.63) is 101 Å². The number of anilines is 2. The molecule has 4 aromatic rings. The SMILES string of the molecule is CON1C=c2ncnc(Nc3ccc(OCc4ccccc4)cc3)c2=CC1c1ccc(C2OCCO2)o1. The molecule has 0 saturated carbocycles. The van der Waals surface area contributed by atoms with E-state index in [0.29, 0.717) is 37.2 Å². The summed E-state index contributed by atoms with van der Waals surface area (Å²) in [6.45, 7) is 1.62. The van der Waals surface area contributed by atoms with Crippen LogP contribution in [-0.2, 0) is 20.9 Å². The number of hydrogen-bond donors (Lipinski definition) is 1. The lowest BCUT2D eigenvalue weighted by molar-refractivity contribution is -0.0949. The highest BCUT2D eigenvalue weighted by Crippen LogP contribution is 2.31. The van der Waals surface area contributed by atoms with E-state index >= 15 is 0 Å². The van der Waals surface area contributed by atoms with Crippen molar-refractivity contribution in [2.24, 2.45) is 0 Å². The number of benzene rings is 2. The van der Waals surface area contributed by atoms with Gasteiger partial charge in [0.2, 0.25) is 6.29 Å². The van der Waals surface area contributed by atoms with Gasteiger partial charge in [-0.3, -0.25) is 4.84 Å². The van der Waals surface area contributed by atoms with Gasteiger partial charge in [-0.15, -0.1) is 0 Å². The number of furan rings is 1. The number of hydroxylamine groups is 2. The van der Waals surface area contributed by atoms with Gasteiger partial charge >= 0.3 is 0 Å². The zero-order valence-electron chi connectivity index (χ0n) is 20.2. The molecule has 0 radical (unpaired) electrons. The summed E-state index contributed by atoms with van der Waals surface area (Å²) >= 11 is 0. The minimum Gasteiger partial charge on any atom is -0.489 e. The Morgan fingerprint density at radius 3 is 2.51 bits per heavy atom. The Morgan fingerprint density at radius 2 is 1.73 bits per heavy atom. The van der Waals surface area contributed by atoms with E-state index in [0.717, 1.165) is 27.6 Å². The van der Waals surface area contributed by atoms with Crippen LogP contribution >= 0.6 is 0 Å². The maximum absolute atomic E-state index is 6.08. The van der Waals surface area contributed by atoms with E-state index < -0.39 is 6.29 Å². The fourth-order valence-corrected chi connectivity index (χ4v) is 4.27. The molecule has 1 N–H and O–H groups in total. The number of hydrogen-bond acceptors (Lipinski definition) is 9. The fraction of sp³-hybridized carbons (Fsp3) is 0.214. The number of nitrogens with zero attached hydrogens (tertiary/aromatic N) is 3. The molecule has 1 atom stereocenters. The molecule has 2 aliphatic heterocycles. The molecule has 0 bridgehead atoms. The normalized spacial score (nSPS) is 17.1. The smallest absolute Gasteiger partial charge is 0.217 e. The summed E-state index contributed by atoms with van der Waals surface area (Å²) < 4.78 is 23.1. The Labute approximate surface area is 213 Å². The van der Waals surface area contributed by atoms with Crippen molar-refractivity contribution in [1.82, 2.24) is 15.0 Å². The van der Waals surface area contributed by atoms with Crippen molar-refractivity contribution in [1.29, 1.82) is 0 Å². The predicted molar refractivity (Wildman–Crippen MR) is 136 cm³/mol. The van der Waals surface area contributed by atoms with E-state index in [2.05, 4.69) is 15.3 Å². The number of fused-ring (bicyclic) bond motifs is 1. The summed E-state index contributed by atoms with van der Waals surface area (Å²) in [5.74, 6) is 2.78. The average Bonchev–Trinajstić information content (AvgIpc) is 3.65. The summed E-state index contributed by atoms with van der Waals surface area (Å²) in [7, 11) is 1.61. The van der Waals surface area contributed by atoms with Gasteiger partial charge < -0.3 is 23.9 Å². The van der Waals surface area contributed by atoms with Crippen LogP contribution in [0.1, 0.15) is 29.4 Å². The molecule has 4 heterocycles. The predicted octanol–water partition coefficient (Wildman–Crippen LogP) is 3.57. The number of ether oxygens (including phenoxy) is 3. The molecular weight excluding hydrogens is 472 g/mol. The van der Waals surface area contributed by atoms with Gasteiger partial charge in [0.05, 0.1) is 31.9 Å². The van der Waals surface area contributed by atoms with Gasteiger partial charge in [0.25, 0.3) is 0 Å². The van der Waals surface area contributed by atoms with Crippen LogP contribution in [0.4, 0.5) is 11.5 Å². The minimum absolute atomic E-state index is 0.326. The molecule has 0 amide bonds. The summed E-state index contributed by atoms with van der Waals surface area (Å²) in [5.41, 5.74) is 2.00. The van der Waals surface area contributed by atoms with Crippen LogP contribution in [0.3, 0.4) is 0 Å². The first-order valence-corrected chi connectivity index (χ1v) is 12.0. The van der Waals surface area contributed by atoms with Crippen molar-refractivity contribution in [2.75, 3.05) is 25.6 Å². The summed E-state index contributed by atoms with van der Waals surface area (Å²) in [6, 6.07) is 21.3. The summed E-state index contributed by atoms with van der Waals surface area (Å²) in [4.78, 5) is 14.5. The van der Waals surface area contributed by atoms with E-state index in [1.54, 1.807) is 12.2 Å². The van der Waals surface area contributed by atoms with E-state index in [1.165, 1.54) is 6.33 Å². The van der Waals surface area contributed by atoms with E-state index in [-0.39, 0.29) is 6.04 Å². The first kappa shape index (κ1) is 23.2. The van der Waals surface area contributed by atoms with Crippen molar-refractivity contribution >= 4 is 23.8 Å². The summed E-state index contributed by atoms with van der Waals surface area (Å²) in [6.07, 6.45) is 4.89. The molecular formula is C28H26N4O5. The monoisotopic (exact) mass is 498 g/mol. The summed E-state index contributed by atoms with van der Waals surface area (Å²) in [5, 5.41) is 6.66. The molecule has 2 aromatic heterocycles. The second-order valence-corrected chi connectivity index (χ2v) is 8.54. The quantitative estimate of drug-likeness (QED) is 0.391. The zero-order valence-corrected chi connectivity index (χ0v) is 20.2. The van der Waals surface area contributed by atoms with E-state index in [9.17, 15) is 0 Å². The van der Waals surface area contributed by atoms with E-state index in [1.807, 2.05) is 79.0 Å². The highest BCUT2D eigenvalue weighted by atomic mass is 16.7. The number of aromatic nitrogens is 2. The van der Waals surface area contributed by atoms with Crippen LogP contribution in [0.25, 0.3) is 12.3 Å². The highest BCUT2D eigenvalue weighted by molar-refractivity contribution is 5.60. The Bertz CT molecular complexity index is 1470. The molecule has 188 valence electrons. The van der Waals surface area contributed by atoms with Crippen LogP contribution in [0.2, 0.25) is 0 Å². The molecule has 9 nitrogen and oxygen atoms in total. The van der Waals surface area contributed by atoms with Gasteiger partial charge in [-0.1, -0.05) is 30.3 Å². The number of nitrogens with one attached hydrogen (secondary N) is 1. The minimum atomic E-state index is -0.482. The van der Waals surface area contributed by atoms with Gasteiger partial charge in [0.1, 0.15) is 36.3 Å². The third-order valence-electron chi connectivity index (χ3n) is 6.13. The van der Waals surface area contributed by atoms with Gasteiger partial charge in [-0.2, -0.15) is 0 Å². The number of rotatable bonds is 8. The van der Waals surface area contributed by atoms with Crippen LogP contribution in [0.15, 0.2) is 77.5 Å². The lowest BCUT2D eigenvalue weighted by Gasteiger charge is -2.26. The first-order valence-electron chi connectivity index (χ1n) is 12.0. The largest absolute Gasteiger partial charge is 0.489 e. The third kappa shape index (κ3) is 5.05. The molecule has 2 aromatic carbocycles. The standard InChI is InChI=1S/C28H26N4O5/c1-33-32-16-23-22(15-24(32)25-11-12-26(37-25)28-34-13-14-35-28)27(30-18-29-23)31-20-7-9-21(10-8-20)36-17-19-5-3-2-4-6-19/h2-12,15-16,18,24,28H,13-14,17H2,1H3,(H,29,30,31). The Hall–Kier alpha value is -4.18. The Kier molecular flexibility index (Phi) is 6.55. The second kappa shape index (κ2) is 10.4.